The second kappa shape index (κ2) is 5.13. The molecule has 0 fully saturated rings. The number of nitrogens with one attached hydrogen (secondary N) is 1. The van der Waals surface area contributed by atoms with Crippen molar-refractivity contribution in [3.63, 3.8) is 0 Å². The summed E-state index contributed by atoms with van der Waals surface area (Å²) in [5.41, 5.74) is 0.826. The van der Waals surface area contributed by atoms with Gasteiger partial charge in [-0.3, -0.25) is 4.79 Å². The Balaban J connectivity index is 2.15. The molecule has 1 amide bonds. The summed E-state index contributed by atoms with van der Waals surface area (Å²) in [5.74, 6) is -0.807. The molecule has 1 N–H and O–H groups in total. The molecule has 2 rings (SSSR count). The summed E-state index contributed by atoms with van der Waals surface area (Å²) in [7, 11) is 1.29. The van der Waals surface area contributed by atoms with Gasteiger partial charge in [-0.25, -0.2) is 4.79 Å². The van der Waals surface area contributed by atoms with Crippen LogP contribution >= 0.6 is 0 Å². The van der Waals surface area contributed by atoms with Crippen molar-refractivity contribution in [1.82, 2.24) is 5.16 Å². The van der Waals surface area contributed by atoms with Crippen molar-refractivity contribution in [2.75, 3.05) is 12.4 Å². The van der Waals surface area contributed by atoms with E-state index in [0.717, 1.165) is 0 Å². The molecule has 1 aromatic heterocycles. The fourth-order valence-electron chi connectivity index (χ4n) is 1.37. The lowest BCUT2D eigenvalue weighted by atomic mass is 10.2. The van der Waals surface area contributed by atoms with Gasteiger partial charge in [0.2, 0.25) is 5.76 Å². The van der Waals surface area contributed by atoms with Crippen LogP contribution in [-0.4, -0.2) is 24.1 Å². The van der Waals surface area contributed by atoms with Gasteiger partial charge in [0.15, 0.2) is 0 Å². The van der Waals surface area contributed by atoms with E-state index in [-0.39, 0.29) is 5.76 Å². The molecule has 1 heterocycles. The molecular weight excluding hydrogens is 236 g/mol. The zero-order valence-corrected chi connectivity index (χ0v) is 9.54. The summed E-state index contributed by atoms with van der Waals surface area (Å²) in [5, 5.41) is 6.02. The van der Waals surface area contributed by atoms with Crippen LogP contribution in [0.4, 0.5) is 5.69 Å². The standard InChI is InChI=1S/C12H10N2O4/c1-17-12(16)8-3-2-4-9(7-8)14-11(15)10-5-6-13-18-10/h2-7H,1H3,(H,14,15). The molecule has 1 aromatic carbocycles. The molecule has 0 radical (unpaired) electrons. The molecule has 0 saturated carbocycles. The van der Waals surface area contributed by atoms with E-state index < -0.39 is 11.9 Å². The van der Waals surface area contributed by atoms with E-state index in [1.807, 2.05) is 0 Å². The SMILES string of the molecule is COC(=O)c1cccc(NC(=O)c2ccno2)c1. The Morgan fingerprint density at radius 2 is 2.17 bits per heavy atom. The number of methoxy groups -OCH3 is 1. The molecule has 0 unspecified atom stereocenters. The Morgan fingerprint density at radius 3 is 2.83 bits per heavy atom. The van der Waals surface area contributed by atoms with Crippen LogP contribution in [0.2, 0.25) is 0 Å². The van der Waals surface area contributed by atoms with Crippen LogP contribution < -0.4 is 5.32 Å². The lowest BCUT2D eigenvalue weighted by Crippen LogP contribution is -2.11. The topological polar surface area (TPSA) is 81.4 Å². The van der Waals surface area contributed by atoms with E-state index in [9.17, 15) is 9.59 Å². The quantitative estimate of drug-likeness (QED) is 0.834. The summed E-state index contributed by atoms with van der Waals surface area (Å²) < 4.78 is 9.30. The number of benzene rings is 1. The van der Waals surface area contributed by atoms with Crippen LogP contribution in [0.25, 0.3) is 0 Å². The van der Waals surface area contributed by atoms with Crippen LogP contribution in [0.3, 0.4) is 0 Å². The van der Waals surface area contributed by atoms with E-state index in [1.54, 1.807) is 18.2 Å². The summed E-state index contributed by atoms with van der Waals surface area (Å²) in [4.78, 5) is 23.0. The van der Waals surface area contributed by atoms with E-state index in [4.69, 9.17) is 4.52 Å². The predicted molar refractivity (Wildman–Crippen MR) is 62.2 cm³/mol. The molecule has 6 nitrogen and oxygen atoms in total. The van der Waals surface area contributed by atoms with Gasteiger partial charge < -0.3 is 14.6 Å². The minimum Gasteiger partial charge on any atom is -0.465 e. The third-order valence-corrected chi connectivity index (χ3v) is 2.20. The molecule has 18 heavy (non-hydrogen) atoms. The van der Waals surface area contributed by atoms with Gasteiger partial charge in [-0.15, -0.1) is 0 Å². The number of amides is 1. The first-order valence-corrected chi connectivity index (χ1v) is 5.11. The smallest absolute Gasteiger partial charge is 0.337 e. The zero-order chi connectivity index (χ0) is 13.0. The Labute approximate surface area is 103 Å². The van der Waals surface area contributed by atoms with Gasteiger partial charge in [0.05, 0.1) is 18.9 Å². The van der Waals surface area contributed by atoms with Gasteiger partial charge in [-0.05, 0) is 18.2 Å². The third kappa shape index (κ3) is 2.54. The molecule has 0 atom stereocenters. The third-order valence-electron chi connectivity index (χ3n) is 2.20. The number of anilines is 1. The first-order valence-electron chi connectivity index (χ1n) is 5.11. The van der Waals surface area contributed by atoms with Crippen LogP contribution in [0, 0.1) is 0 Å². The first-order chi connectivity index (χ1) is 8.70. The highest BCUT2D eigenvalue weighted by Crippen LogP contribution is 2.12. The first kappa shape index (κ1) is 11.8. The molecular formula is C12H10N2O4. The largest absolute Gasteiger partial charge is 0.465 e. The second-order valence-electron chi connectivity index (χ2n) is 3.40. The fourth-order valence-corrected chi connectivity index (χ4v) is 1.37. The minimum atomic E-state index is -0.467. The maximum atomic E-state index is 11.7. The number of aromatic nitrogens is 1. The summed E-state index contributed by atoms with van der Waals surface area (Å²) >= 11 is 0. The molecule has 6 heteroatoms. The average Bonchev–Trinajstić information content (AvgIpc) is 2.92. The highest BCUT2D eigenvalue weighted by molar-refractivity contribution is 6.02. The number of hydrogen-bond donors (Lipinski definition) is 1. The van der Waals surface area contributed by atoms with E-state index in [2.05, 4.69) is 15.2 Å². The maximum absolute atomic E-state index is 11.7. The lowest BCUT2D eigenvalue weighted by Gasteiger charge is -2.04. The predicted octanol–water partition coefficient (Wildman–Crippen LogP) is 1.71. The summed E-state index contributed by atoms with van der Waals surface area (Å²) in [6.45, 7) is 0. The van der Waals surface area contributed by atoms with Crippen molar-refractivity contribution < 1.29 is 18.8 Å². The molecule has 0 aliphatic heterocycles. The van der Waals surface area contributed by atoms with Crippen molar-refractivity contribution in [3.05, 3.63) is 47.9 Å². The summed E-state index contributed by atoms with van der Waals surface area (Å²) in [6, 6.07) is 7.85. The van der Waals surface area contributed by atoms with Crippen molar-refractivity contribution >= 4 is 17.6 Å². The lowest BCUT2D eigenvalue weighted by molar-refractivity contribution is 0.0600. The molecule has 0 saturated heterocycles. The Hall–Kier alpha value is -2.63. The maximum Gasteiger partial charge on any atom is 0.337 e. The molecule has 0 aliphatic rings. The number of esters is 1. The van der Waals surface area contributed by atoms with Crippen LogP contribution in [0.1, 0.15) is 20.9 Å². The number of nitrogens with zero attached hydrogens (tertiary/aromatic N) is 1. The highest BCUT2D eigenvalue weighted by Gasteiger charge is 2.11. The van der Waals surface area contributed by atoms with Gasteiger partial charge in [0, 0.05) is 11.8 Å². The van der Waals surface area contributed by atoms with Gasteiger partial charge in [-0.1, -0.05) is 11.2 Å². The van der Waals surface area contributed by atoms with Crippen molar-refractivity contribution in [2.24, 2.45) is 0 Å². The van der Waals surface area contributed by atoms with Crippen molar-refractivity contribution in [2.45, 2.75) is 0 Å². The normalized spacial score (nSPS) is 9.83. The van der Waals surface area contributed by atoms with Gasteiger partial charge >= 0.3 is 5.97 Å². The number of hydrogen-bond acceptors (Lipinski definition) is 5. The minimum absolute atomic E-state index is 0.0958. The summed E-state index contributed by atoms with van der Waals surface area (Å²) in [6.07, 6.45) is 1.37. The monoisotopic (exact) mass is 246 g/mol. The van der Waals surface area contributed by atoms with Crippen LogP contribution in [0.5, 0.6) is 0 Å². The Bertz CT molecular complexity index is 563. The van der Waals surface area contributed by atoms with Gasteiger partial charge in [0.1, 0.15) is 0 Å². The van der Waals surface area contributed by atoms with E-state index in [0.29, 0.717) is 11.3 Å². The van der Waals surface area contributed by atoms with E-state index in [1.165, 1.54) is 25.4 Å². The number of ether oxygens (including phenoxy) is 1. The van der Waals surface area contributed by atoms with Crippen molar-refractivity contribution in [3.8, 4) is 0 Å². The van der Waals surface area contributed by atoms with Crippen molar-refractivity contribution in [1.29, 1.82) is 0 Å². The fraction of sp³-hybridized carbons (Fsp3) is 0.0833. The second-order valence-corrected chi connectivity index (χ2v) is 3.40. The van der Waals surface area contributed by atoms with Crippen LogP contribution in [-0.2, 0) is 4.74 Å². The number of carbonyl (C=O) groups is 2. The zero-order valence-electron chi connectivity index (χ0n) is 9.54. The highest BCUT2D eigenvalue weighted by atomic mass is 16.5. The molecule has 0 spiro atoms. The van der Waals surface area contributed by atoms with Crippen LogP contribution in [0.15, 0.2) is 41.1 Å². The molecule has 2 aromatic rings. The number of rotatable bonds is 3. The van der Waals surface area contributed by atoms with Gasteiger partial charge in [0.25, 0.3) is 5.91 Å². The average molecular weight is 246 g/mol. The molecule has 92 valence electrons. The molecule has 0 bridgehead atoms. The number of carbonyl (C=O) groups excluding carboxylic acids is 2. The van der Waals surface area contributed by atoms with Gasteiger partial charge in [-0.2, -0.15) is 0 Å². The van der Waals surface area contributed by atoms with E-state index >= 15 is 0 Å². The Kier molecular flexibility index (Phi) is 3.38. The Morgan fingerprint density at radius 1 is 1.33 bits per heavy atom. The molecule has 0 aliphatic carbocycles.